The van der Waals surface area contributed by atoms with E-state index in [1.807, 2.05) is 0 Å². The van der Waals surface area contributed by atoms with E-state index in [1.165, 1.54) is 20.3 Å². The normalized spacial score (nSPS) is 21.1. The van der Waals surface area contributed by atoms with E-state index in [2.05, 4.69) is 4.74 Å². The van der Waals surface area contributed by atoms with Crippen molar-refractivity contribution in [3.05, 3.63) is 22.2 Å². The summed E-state index contributed by atoms with van der Waals surface area (Å²) < 4.78 is 14.5. The summed E-state index contributed by atoms with van der Waals surface area (Å²) in [7, 11) is 4.31. The van der Waals surface area contributed by atoms with Gasteiger partial charge in [-0.3, -0.25) is 0 Å². The molecule has 2 atom stereocenters. The maximum Gasteiger partial charge on any atom is 0.381 e. The number of anilines is 1. The van der Waals surface area contributed by atoms with Crippen molar-refractivity contribution >= 4 is 11.7 Å². The van der Waals surface area contributed by atoms with Crippen LogP contribution >= 0.6 is 0 Å². The first-order chi connectivity index (χ1) is 9.99. The van der Waals surface area contributed by atoms with Gasteiger partial charge < -0.3 is 23.9 Å². The molecule has 7 nitrogen and oxygen atoms in total. The average Bonchev–Trinajstić information content (AvgIpc) is 2.90. The van der Waals surface area contributed by atoms with Crippen LogP contribution in [0.15, 0.2) is 15.3 Å². The van der Waals surface area contributed by atoms with Gasteiger partial charge in [-0.05, 0) is 19.3 Å². The lowest BCUT2D eigenvalue weighted by Gasteiger charge is -2.29. The zero-order valence-corrected chi connectivity index (χ0v) is 12.3. The topological polar surface area (TPSA) is 89.2 Å². The summed E-state index contributed by atoms with van der Waals surface area (Å²) in [5.74, 6) is -0.932. The van der Waals surface area contributed by atoms with Crippen molar-refractivity contribution in [3.63, 3.8) is 0 Å². The minimum atomic E-state index is -0.755. The molecule has 1 aromatic heterocycles. The van der Waals surface area contributed by atoms with Gasteiger partial charge in [0.25, 0.3) is 0 Å². The van der Waals surface area contributed by atoms with E-state index in [0.29, 0.717) is 12.1 Å². The molecule has 1 aliphatic rings. The minimum absolute atomic E-state index is 0.00394. The second-order valence-electron chi connectivity index (χ2n) is 4.98. The number of methoxy groups -OCH3 is 2. The third kappa shape index (κ3) is 2.87. The van der Waals surface area contributed by atoms with Crippen molar-refractivity contribution in [1.82, 2.24) is 0 Å². The van der Waals surface area contributed by atoms with Gasteiger partial charge >= 0.3 is 11.6 Å². The molecule has 0 aliphatic heterocycles. The highest BCUT2D eigenvalue weighted by atomic mass is 16.5. The summed E-state index contributed by atoms with van der Waals surface area (Å²) >= 11 is 0. The van der Waals surface area contributed by atoms with Crippen molar-refractivity contribution in [2.24, 2.45) is 0 Å². The Bertz CT molecular complexity index is 581. The van der Waals surface area contributed by atoms with Crippen molar-refractivity contribution in [2.45, 2.75) is 31.4 Å². The number of hydrogen-bond donors (Lipinski definition) is 1. The molecule has 1 fully saturated rings. The standard InChI is InChI=1S/C14H19NO6/c1-15(8-5-4-6-10(8)16)9-7-11(13(17)20-3)21-14(18)12(9)19-2/h7-8,10,16H,4-6H2,1-3H3/t8?,10-/m1/s1. The third-order valence-electron chi connectivity index (χ3n) is 3.80. The van der Waals surface area contributed by atoms with Gasteiger partial charge in [0.05, 0.1) is 32.1 Å². The summed E-state index contributed by atoms with van der Waals surface area (Å²) in [6.45, 7) is 0. The van der Waals surface area contributed by atoms with E-state index in [4.69, 9.17) is 9.15 Å². The van der Waals surface area contributed by atoms with Crippen LogP contribution in [0, 0.1) is 0 Å². The molecule has 0 bridgehead atoms. The highest BCUT2D eigenvalue weighted by Gasteiger charge is 2.31. The smallest absolute Gasteiger partial charge is 0.381 e. The van der Waals surface area contributed by atoms with Gasteiger partial charge in [0.2, 0.25) is 11.5 Å². The number of hydrogen-bond acceptors (Lipinski definition) is 7. The molecule has 1 aromatic rings. The van der Waals surface area contributed by atoms with Crippen molar-refractivity contribution in [1.29, 1.82) is 0 Å². The zero-order chi connectivity index (χ0) is 15.6. The summed E-state index contributed by atoms with van der Waals surface area (Å²) in [4.78, 5) is 25.2. The minimum Gasteiger partial charge on any atom is -0.488 e. The molecular formula is C14H19NO6. The quantitative estimate of drug-likeness (QED) is 0.821. The van der Waals surface area contributed by atoms with Crippen LogP contribution in [0.3, 0.4) is 0 Å². The molecule has 21 heavy (non-hydrogen) atoms. The molecule has 116 valence electrons. The average molecular weight is 297 g/mol. The zero-order valence-electron chi connectivity index (χ0n) is 12.3. The van der Waals surface area contributed by atoms with Gasteiger partial charge in [-0.1, -0.05) is 0 Å². The Labute approximate surface area is 122 Å². The summed E-state index contributed by atoms with van der Waals surface area (Å²) in [5, 5.41) is 10.0. The fraction of sp³-hybridized carbons (Fsp3) is 0.571. The van der Waals surface area contributed by atoms with E-state index < -0.39 is 17.7 Å². The maximum atomic E-state index is 11.9. The lowest BCUT2D eigenvalue weighted by atomic mass is 10.1. The van der Waals surface area contributed by atoms with Crippen LogP contribution in [-0.2, 0) is 4.74 Å². The lowest BCUT2D eigenvalue weighted by Crippen LogP contribution is -2.38. The van der Waals surface area contributed by atoms with Crippen molar-refractivity contribution in [3.8, 4) is 5.75 Å². The molecule has 0 spiro atoms. The molecule has 1 N–H and O–H groups in total. The molecule has 1 saturated carbocycles. The van der Waals surface area contributed by atoms with E-state index in [1.54, 1.807) is 11.9 Å². The van der Waals surface area contributed by atoms with Crippen LogP contribution in [0.2, 0.25) is 0 Å². The number of carbonyl (C=O) groups excluding carboxylic acids is 1. The molecule has 0 radical (unpaired) electrons. The number of esters is 1. The predicted molar refractivity (Wildman–Crippen MR) is 74.9 cm³/mol. The first kappa shape index (κ1) is 15.4. The van der Waals surface area contributed by atoms with E-state index in [9.17, 15) is 14.7 Å². The predicted octanol–water partition coefficient (Wildman–Crippen LogP) is 0.785. The maximum absolute atomic E-state index is 11.9. The van der Waals surface area contributed by atoms with Crippen LogP contribution in [-0.4, -0.2) is 44.5 Å². The largest absolute Gasteiger partial charge is 0.488 e. The Balaban J connectivity index is 2.47. The van der Waals surface area contributed by atoms with Gasteiger partial charge in [-0.25, -0.2) is 9.59 Å². The molecule has 1 unspecified atom stereocenters. The summed E-state index contributed by atoms with van der Waals surface area (Å²) in [6, 6.07) is 1.27. The van der Waals surface area contributed by atoms with Gasteiger partial charge in [0.15, 0.2) is 0 Å². The van der Waals surface area contributed by atoms with E-state index >= 15 is 0 Å². The molecule has 0 aromatic carbocycles. The first-order valence-electron chi connectivity index (χ1n) is 6.71. The SMILES string of the molecule is COC(=O)c1cc(N(C)C2CCC[C@H]2O)c(OC)c(=O)o1. The van der Waals surface area contributed by atoms with Crippen molar-refractivity contribution in [2.75, 3.05) is 26.2 Å². The molecule has 2 rings (SSSR count). The second-order valence-corrected chi connectivity index (χ2v) is 4.98. The Hall–Kier alpha value is -2.02. The molecule has 7 heteroatoms. The molecule has 0 saturated heterocycles. The molecule has 1 aliphatic carbocycles. The number of carbonyl (C=O) groups is 1. The highest BCUT2D eigenvalue weighted by Crippen LogP contribution is 2.32. The van der Waals surface area contributed by atoms with Crippen LogP contribution in [0.1, 0.15) is 29.8 Å². The molecular weight excluding hydrogens is 278 g/mol. The number of aliphatic hydroxyl groups is 1. The van der Waals surface area contributed by atoms with Crippen LogP contribution in [0.25, 0.3) is 0 Å². The number of likely N-dealkylation sites (N-methyl/N-ethyl adjacent to an activating group) is 1. The van der Waals surface area contributed by atoms with E-state index in [0.717, 1.165) is 12.8 Å². The van der Waals surface area contributed by atoms with Gasteiger partial charge in [-0.2, -0.15) is 0 Å². The molecule has 1 heterocycles. The number of aliphatic hydroxyl groups excluding tert-OH is 1. The Morgan fingerprint density at radius 2 is 2.14 bits per heavy atom. The van der Waals surface area contributed by atoms with Gasteiger partial charge in [0, 0.05) is 13.1 Å². The highest BCUT2D eigenvalue weighted by molar-refractivity contribution is 5.87. The second kappa shape index (κ2) is 6.17. The van der Waals surface area contributed by atoms with Crippen LogP contribution in [0.4, 0.5) is 5.69 Å². The fourth-order valence-corrected chi connectivity index (χ4v) is 2.67. The first-order valence-corrected chi connectivity index (χ1v) is 6.71. The Morgan fingerprint density at radius 3 is 2.67 bits per heavy atom. The summed E-state index contributed by atoms with van der Waals surface area (Å²) in [5.41, 5.74) is -0.352. The van der Waals surface area contributed by atoms with Crippen LogP contribution in [0.5, 0.6) is 5.75 Å². The summed E-state index contributed by atoms with van der Waals surface area (Å²) in [6.07, 6.45) is 1.94. The van der Waals surface area contributed by atoms with E-state index in [-0.39, 0.29) is 17.6 Å². The molecule has 0 amide bonds. The number of nitrogens with zero attached hydrogens (tertiary/aromatic N) is 1. The van der Waals surface area contributed by atoms with Gasteiger partial charge in [-0.15, -0.1) is 0 Å². The van der Waals surface area contributed by atoms with Gasteiger partial charge in [0.1, 0.15) is 0 Å². The Kier molecular flexibility index (Phi) is 4.52. The Morgan fingerprint density at radius 1 is 1.43 bits per heavy atom. The lowest BCUT2D eigenvalue weighted by molar-refractivity contribution is 0.0559. The number of ether oxygens (including phenoxy) is 2. The monoisotopic (exact) mass is 297 g/mol. The third-order valence-corrected chi connectivity index (χ3v) is 3.80. The van der Waals surface area contributed by atoms with Crippen molar-refractivity contribution < 1.29 is 23.8 Å². The van der Waals surface area contributed by atoms with Crippen LogP contribution < -0.4 is 15.3 Å². The fourth-order valence-electron chi connectivity index (χ4n) is 2.67. The number of rotatable bonds is 4.